The summed E-state index contributed by atoms with van der Waals surface area (Å²) in [5.74, 6) is -0.364. The van der Waals surface area contributed by atoms with E-state index < -0.39 is 0 Å². The van der Waals surface area contributed by atoms with Crippen molar-refractivity contribution in [2.24, 2.45) is 5.10 Å². The molecule has 0 saturated carbocycles. The predicted molar refractivity (Wildman–Crippen MR) is 124 cm³/mol. The molecule has 1 heterocycles. The molecule has 0 atom stereocenters. The largest absolute Gasteiger partial charge is 0.342 e. The van der Waals surface area contributed by atoms with Crippen molar-refractivity contribution in [1.29, 1.82) is 0 Å². The third-order valence-electron chi connectivity index (χ3n) is 4.64. The third kappa shape index (κ3) is 4.36. The Labute approximate surface area is 188 Å². The van der Waals surface area contributed by atoms with Crippen LogP contribution in [0.4, 0.5) is 0 Å². The molecule has 0 aliphatic rings. The van der Waals surface area contributed by atoms with Crippen molar-refractivity contribution in [2.75, 3.05) is 0 Å². The highest BCUT2D eigenvalue weighted by atomic mass is 35.5. The van der Waals surface area contributed by atoms with Crippen molar-refractivity contribution in [1.82, 2.24) is 9.99 Å². The second-order valence-electron chi connectivity index (χ2n) is 6.66. The van der Waals surface area contributed by atoms with Crippen LogP contribution in [-0.4, -0.2) is 16.7 Å². The molecule has 4 nitrogen and oxygen atoms in total. The molecule has 150 valence electrons. The molecule has 0 saturated heterocycles. The van der Waals surface area contributed by atoms with Crippen LogP contribution in [0.3, 0.4) is 0 Å². The fraction of sp³-hybridized carbons (Fsp3) is 0.0435. The van der Waals surface area contributed by atoms with Crippen LogP contribution in [0.25, 0.3) is 10.9 Å². The van der Waals surface area contributed by atoms with Gasteiger partial charge in [-0.15, -0.1) is 0 Å². The van der Waals surface area contributed by atoms with Crippen LogP contribution >= 0.6 is 34.8 Å². The fourth-order valence-electron chi connectivity index (χ4n) is 3.21. The summed E-state index contributed by atoms with van der Waals surface area (Å²) < 4.78 is 2.10. The van der Waals surface area contributed by atoms with E-state index in [1.165, 1.54) is 0 Å². The molecule has 1 aromatic heterocycles. The van der Waals surface area contributed by atoms with Gasteiger partial charge in [-0.3, -0.25) is 4.79 Å². The summed E-state index contributed by atoms with van der Waals surface area (Å²) in [7, 11) is 0. The van der Waals surface area contributed by atoms with Crippen LogP contribution in [0.5, 0.6) is 0 Å². The van der Waals surface area contributed by atoms with Crippen LogP contribution in [0, 0.1) is 0 Å². The number of amides is 1. The molecule has 0 radical (unpaired) electrons. The van der Waals surface area contributed by atoms with E-state index in [1.54, 1.807) is 36.5 Å². The van der Waals surface area contributed by atoms with E-state index in [4.69, 9.17) is 34.8 Å². The zero-order valence-electron chi connectivity index (χ0n) is 15.6. The Hall–Kier alpha value is -2.79. The molecular weight excluding hydrogens is 441 g/mol. The highest BCUT2D eigenvalue weighted by Gasteiger charge is 2.10. The zero-order valence-corrected chi connectivity index (χ0v) is 17.9. The number of hydrogen-bond acceptors (Lipinski definition) is 2. The maximum absolute atomic E-state index is 12.3. The van der Waals surface area contributed by atoms with Gasteiger partial charge < -0.3 is 4.57 Å². The highest BCUT2D eigenvalue weighted by molar-refractivity contribution is 6.42. The van der Waals surface area contributed by atoms with Crippen LogP contribution in [-0.2, 0) is 6.54 Å². The van der Waals surface area contributed by atoms with Crippen LogP contribution in [0.2, 0.25) is 15.1 Å². The Kier molecular flexibility index (Phi) is 6.09. The van der Waals surface area contributed by atoms with Gasteiger partial charge >= 0.3 is 0 Å². The number of fused-ring (bicyclic) bond motifs is 1. The highest BCUT2D eigenvalue weighted by Crippen LogP contribution is 2.25. The van der Waals surface area contributed by atoms with Crippen molar-refractivity contribution in [3.63, 3.8) is 0 Å². The van der Waals surface area contributed by atoms with E-state index >= 15 is 0 Å². The number of nitrogens with zero attached hydrogens (tertiary/aromatic N) is 2. The summed E-state index contributed by atoms with van der Waals surface area (Å²) in [5, 5.41) is 6.57. The molecule has 30 heavy (non-hydrogen) atoms. The first kappa shape index (κ1) is 20.5. The summed E-state index contributed by atoms with van der Waals surface area (Å²) >= 11 is 18.2. The smallest absolute Gasteiger partial charge is 0.272 e. The lowest BCUT2D eigenvalue weighted by Crippen LogP contribution is -2.17. The fourth-order valence-corrected chi connectivity index (χ4v) is 3.75. The van der Waals surface area contributed by atoms with E-state index in [2.05, 4.69) is 15.1 Å². The van der Waals surface area contributed by atoms with Gasteiger partial charge in [-0.05, 0) is 35.9 Å². The quantitative estimate of drug-likeness (QED) is 0.273. The first-order valence-electron chi connectivity index (χ1n) is 9.12. The lowest BCUT2D eigenvalue weighted by molar-refractivity contribution is 0.0955. The molecule has 7 heteroatoms. The first-order valence-corrected chi connectivity index (χ1v) is 10.3. The molecule has 0 spiro atoms. The molecular formula is C23H16Cl3N3O. The molecule has 0 fully saturated rings. The van der Waals surface area contributed by atoms with Crippen LogP contribution < -0.4 is 5.43 Å². The number of aromatic nitrogens is 1. The average Bonchev–Trinajstić information content (AvgIpc) is 3.08. The van der Waals surface area contributed by atoms with E-state index in [1.807, 2.05) is 42.6 Å². The van der Waals surface area contributed by atoms with Crippen molar-refractivity contribution in [2.45, 2.75) is 6.54 Å². The Morgan fingerprint density at radius 3 is 2.50 bits per heavy atom. The number of halogens is 3. The van der Waals surface area contributed by atoms with E-state index in [0.717, 1.165) is 22.0 Å². The zero-order chi connectivity index (χ0) is 21.1. The monoisotopic (exact) mass is 455 g/mol. The summed E-state index contributed by atoms with van der Waals surface area (Å²) in [4.78, 5) is 12.3. The number of benzene rings is 3. The number of para-hydroxylation sites is 1. The number of rotatable bonds is 5. The number of carbonyl (C=O) groups is 1. The molecule has 4 aromatic rings. The summed E-state index contributed by atoms with van der Waals surface area (Å²) in [6.07, 6.45) is 3.61. The van der Waals surface area contributed by atoms with Crippen molar-refractivity contribution >= 4 is 57.8 Å². The SMILES string of the molecule is O=C(N/N=C\c1cn(Cc2ccc(Cl)c(Cl)c2)c2ccccc12)c1ccccc1Cl. The number of hydrogen-bond donors (Lipinski definition) is 1. The minimum atomic E-state index is -0.364. The lowest BCUT2D eigenvalue weighted by atomic mass is 10.2. The standard InChI is InChI=1S/C23H16Cl3N3O/c24-19-7-3-1-6-18(19)23(30)28-27-12-16-14-29(22-8-4-2-5-17(16)22)13-15-9-10-20(25)21(26)11-15/h1-12,14H,13H2,(H,28,30)/b27-12-. The second kappa shape index (κ2) is 8.92. The van der Waals surface area contributed by atoms with Crippen molar-refractivity contribution < 1.29 is 4.79 Å². The van der Waals surface area contributed by atoms with E-state index in [0.29, 0.717) is 27.2 Å². The maximum Gasteiger partial charge on any atom is 0.272 e. The van der Waals surface area contributed by atoms with Gasteiger partial charge in [0.05, 0.1) is 26.8 Å². The Balaban J connectivity index is 1.59. The summed E-state index contributed by atoms with van der Waals surface area (Å²) in [6, 6.07) is 20.4. The number of carbonyl (C=O) groups excluding carboxylic acids is 1. The number of hydrazone groups is 1. The third-order valence-corrected chi connectivity index (χ3v) is 5.71. The minimum absolute atomic E-state index is 0.364. The molecule has 0 aliphatic carbocycles. The van der Waals surface area contributed by atoms with Gasteiger partial charge in [0, 0.05) is 29.2 Å². The average molecular weight is 457 g/mol. The Morgan fingerprint density at radius 2 is 1.70 bits per heavy atom. The molecule has 1 amide bonds. The number of nitrogens with one attached hydrogen (secondary N) is 1. The van der Waals surface area contributed by atoms with E-state index in [-0.39, 0.29) is 5.91 Å². The molecule has 3 aromatic carbocycles. The topological polar surface area (TPSA) is 46.4 Å². The first-order chi connectivity index (χ1) is 14.5. The van der Waals surface area contributed by atoms with E-state index in [9.17, 15) is 4.79 Å². The maximum atomic E-state index is 12.3. The van der Waals surface area contributed by atoms with Gasteiger partial charge in [0.2, 0.25) is 0 Å². The normalized spacial score (nSPS) is 11.3. The lowest BCUT2D eigenvalue weighted by Gasteiger charge is -2.06. The van der Waals surface area contributed by atoms with Gasteiger partial charge in [-0.2, -0.15) is 5.10 Å². The molecule has 1 N–H and O–H groups in total. The predicted octanol–water partition coefficient (Wildman–Crippen LogP) is 6.41. The van der Waals surface area contributed by atoms with Gasteiger partial charge in [0.1, 0.15) is 0 Å². The van der Waals surface area contributed by atoms with Gasteiger partial charge in [-0.1, -0.05) is 71.2 Å². The summed E-state index contributed by atoms with van der Waals surface area (Å²) in [6.45, 7) is 0.622. The van der Waals surface area contributed by atoms with Crippen LogP contribution in [0.1, 0.15) is 21.5 Å². The molecule has 0 aliphatic heterocycles. The van der Waals surface area contributed by atoms with Gasteiger partial charge in [0.25, 0.3) is 5.91 Å². The second-order valence-corrected chi connectivity index (χ2v) is 7.88. The van der Waals surface area contributed by atoms with Crippen LogP contribution in [0.15, 0.2) is 78.0 Å². The Bertz CT molecular complexity index is 1260. The van der Waals surface area contributed by atoms with Crippen molar-refractivity contribution in [3.8, 4) is 0 Å². The van der Waals surface area contributed by atoms with Gasteiger partial charge in [0.15, 0.2) is 0 Å². The Morgan fingerprint density at radius 1 is 0.933 bits per heavy atom. The molecule has 4 rings (SSSR count). The minimum Gasteiger partial charge on any atom is -0.342 e. The van der Waals surface area contributed by atoms with Gasteiger partial charge in [-0.25, -0.2) is 5.43 Å². The summed E-state index contributed by atoms with van der Waals surface area (Å²) in [5.41, 5.74) is 5.86. The van der Waals surface area contributed by atoms with Crippen molar-refractivity contribution in [3.05, 3.63) is 105 Å². The molecule has 0 bridgehead atoms. The molecule has 0 unspecified atom stereocenters.